The van der Waals surface area contributed by atoms with E-state index in [1.165, 1.54) is 0 Å². The summed E-state index contributed by atoms with van der Waals surface area (Å²) in [6, 6.07) is 0. The molecule has 0 aliphatic carbocycles. The van der Waals surface area contributed by atoms with E-state index in [9.17, 15) is 9.90 Å². The largest absolute Gasteiger partial charge is 0.550 e. The molecule has 1 atom stereocenters. The molecule has 0 amide bonds. The highest BCUT2D eigenvalue weighted by molar-refractivity contribution is 5.67. The predicted molar refractivity (Wildman–Crippen MR) is 94.1 cm³/mol. The summed E-state index contributed by atoms with van der Waals surface area (Å²) in [5.41, 5.74) is -1.05. The fraction of sp³-hybridized carbons (Fsp3) is 0.947. The monoisotopic (exact) mass is 361 g/mol. The lowest BCUT2D eigenvalue weighted by molar-refractivity contribution is -0.541. The van der Waals surface area contributed by atoms with Crippen LogP contribution < -0.4 is 5.11 Å². The molecule has 0 bridgehead atoms. The van der Waals surface area contributed by atoms with Crippen LogP contribution in [-0.4, -0.2) is 23.0 Å². The average molecular weight is 361 g/mol. The molecule has 6 nitrogen and oxygen atoms in total. The normalized spacial score (nSPS) is 14.6. The molecule has 0 aliphatic rings. The first-order valence-corrected chi connectivity index (χ1v) is 9.35. The van der Waals surface area contributed by atoms with Gasteiger partial charge in [0.2, 0.25) is 5.79 Å². The first-order chi connectivity index (χ1) is 11.4. The van der Waals surface area contributed by atoms with Crippen molar-refractivity contribution in [2.75, 3.05) is 0 Å². The SMILES string of the molecule is CCCCC(CC(C)(OOC(C)(C)CC)OOC(C)(C)CC)C(=O)[O-]. The number of carbonyl (C=O) groups excluding carboxylic acids is 1. The van der Waals surface area contributed by atoms with E-state index in [1.54, 1.807) is 6.92 Å². The molecule has 0 aromatic heterocycles. The summed E-state index contributed by atoms with van der Waals surface area (Å²) in [6.07, 6.45) is 3.72. The van der Waals surface area contributed by atoms with Crippen molar-refractivity contribution in [2.24, 2.45) is 5.92 Å². The summed E-state index contributed by atoms with van der Waals surface area (Å²) in [6.45, 7) is 15.1. The van der Waals surface area contributed by atoms with Crippen LogP contribution >= 0.6 is 0 Å². The highest BCUT2D eigenvalue weighted by Gasteiger charge is 2.37. The van der Waals surface area contributed by atoms with Crippen molar-refractivity contribution in [1.29, 1.82) is 0 Å². The zero-order valence-electron chi connectivity index (χ0n) is 17.3. The van der Waals surface area contributed by atoms with Gasteiger partial charge in [-0.25, -0.2) is 9.78 Å². The molecule has 0 fully saturated rings. The van der Waals surface area contributed by atoms with Gasteiger partial charge in [-0.05, 0) is 53.9 Å². The molecule has 0 saturated heterocycles. The van der Waals surface area contributed by atoms with Crippen molar-refractivity contribution >= 4 is 5.97 Å². The highest BCUT2D eigenvalue weighted by Crippen LogP contribution is 2.31. The number of aliphatic carboxylic acids is 1. The quantitative estimate of drug-likeness (QED) is 0.265. The molecule has 150 valence electrons. The Balaban J connectivity index is 5.16. The maximum Gasteiger partial charge on any atom is 0.231 e. The fourth-order valence-electron chi connectivity index (χ4n) is 1.80. The lowest BCUT2D eigenvalue weighted by Crippen LogP contribution is -2.44. The van der Waals surface area contributed by atoms with Gasteiger partial charge >= 0.3 is 0 Å². The first-order valence-electron chi connectivity index (χ1n) is 9.35. The molecule has 0 rings (SSSR count). The lowest BCUT2D eigenvalue weighted by atomic mass is 9.94. The maximum absolute atomic E-state index is 11.5. The molecule has 0 saturated carbocycles. The summed E-state index contributed by atoms with van der Waals surface area (Å²) in [5, 5.41) is 11.5. The minimum absolute atomic E-state index is 0.0783. The van der Waals surface area contributed by atoms with E-state index in [2.05, 4.69) is 0 Å². The smallest absolute Gasteiger partial charge is 0.231 e. The topological polar surface area (TPSA) is 77.0 Å². The third-order valence-corrected chi connectivity index (χ3v) is 4.45. The summed E-state index contributed by atoms with van der Waals surface area (Å²) in [7, 11) is 0. The van der Waals surface area contributed by atoms with Crippen LogP contribution in [0.3, 0.4) is 0 Å². The van der Waals surface area contributed by atoms with Crippen molar-refractivity contribution in [3.05, 3.63) is 0 Å². The number of hydrogen-bond acceptors (Lipinski definition) is 6. The Bertz CT molecular complexity index is 371. The Kier molecular flexibility index (Phi) is 10.2. The number of hydrogen-bond donors (Lipinski definition) is 0. The Labute approximate surface area is 153 Å². The van der Waals surface area contributed by atoms with Crippen LogP contribution in [0, 0.1) is 5.92 Å². The number of unbranched alkanes of at least 4 members (excludes halogenated alkanes) is 1. The van der Waals surface area contributed by atoms with Crippen LogP contribution in [0.4, 0.5) is 0 Å². The van der Waals surface area contributed by atoms with Gasteiger partial charge in [0.25, 0.3) is 0 Å². The van der Waals surface area contributed by atoms with Gasteiger partial charge in [0.1, 0.15) is 0 Å². The second kappa shape index (κ2) is 10.5. The van der Waals surface area contributed by atoms with Gasteiger partial charge in [-0.1, -0.05) is 33.6 Å². The van der Waals surface area contributed by atoms with Crippen molar-refractivity contribution in [2.45, 2.75) is 111 Å². The van der Waals surface area contributed by atoms with Gasteiger partial charge in [-0.15, -0.1) is 0 Å². The molecule has 0 spiro atoms. The molecular weight excluding hydrogens is 324 g/mol. The van der Waals surface area contributed by atoms with E-state index >= 15 is 0 Å². The van der Waals surface area contributed by atoms with Crippen LogP contribution in [0.25, 0.3) is 0 Å². The molecule has 1 unspecified atom stereocenters. The standard InChI is InChI=1S/C19H38O6/c1-9-12-13-15(16(20)21)14-19(8,24-22-17(4,5)10-2)25-23-18(6,7)11-3/h15H,9-14H2,1-8H3,(H,20,21)/p-1. The average Bonchev–Trinajstić information content (AvgIpc) is 2.55. The van der Waals surface area contributed by atoms with Gasteiger partial charge in [0, 0.05) is 18.3 Å². The summed E-state index contributed by atoms with van der Waals surface area (Å²) < 4.78 is 0. The van der Waals surface area contributed by atoms with Crippen LogP contribution in [0.5, 0.6) is 0 Å². The first kappa shape index (κ1) is 24.3. The van der Waals surface area contributed by atoms with Crippen LogP contribution in [-0.2, 0) is 24.3 Å². The second-order valence-corrected chi connectivity index (χ2v) is 8.06. The van der Waals surface area contributed by atoms with Gasteiger partial charge < -0.3 is 9.90 Å². The van der Waals surface area contributed by atoms with E-state index in [0.717, 1.165) is 25.7 Å². The summed E-state index contributed by atoms with van der Waals surface area (Å²) in [4.78, 5) is 33.6. The van der Waals surface area contributed by atoms with Crippen molar-refractivity contribution in [1.82, 2.24) is 0 Å². The molecule has 0 radical (unpaired) electrons. The minimum atomic E-state index is -1.35. The third kappa shape index (κ3) is 10.1. The molecule has 0 aromatic rings. The van der Waals surface area contributed by atoms with E-state index < -0.39 is 28.9 Å². The third-order valence-electron chi connectivity index (χ3n) is 4.45. The van der Waals surface area contributed by atoms with E-state index in [1.807, 2.05) is 48.5 Å². The van der Waals surface area contributed by atoms with Gasteiger partial charge in [-0.2, -0.15) is 9.78 Å². The summed E-state index contributed by atoms with van der Waals surface area (Å²) in [5.74, 6) is -3.17. The molecule has 0 aromatic carbocycles. The van der Waals surface area contributed by atoms with Gasteiger partial charge in [0.05, 0.1) is 11.2 Å². The fourth-order valence-corrected chi connectivity index (χ4v) is 1.80. The lowest BCUT2D eigenvalue weighted by Gasteiger charge is -2.36. The van der Waals surface area contributed by atoms with Crippen molar-refractivity contribution in [3.63, 3.8) is 0 Å². The van der Waals surface area contributed by atoms with Gasteiger partial charge in [0.15, 0.2) is 0 Å². The Hall–Kier alpha value is -0.690. The van der Waals surface area contributed by atoms with Crippen LogP contribution in [0.15, 0.2) is 0 Å². The number of carboxylic acids is 1. The second-order valence-electron chi connectivity index (χ2n) is 8.06. The van der Waals surface area contributed by atoms with Gasteiger partial charge in [-0.3, -0.25) is 0 Å². The predicted octanol–water partition coefficient (Wildman–Crippen LogP) is 3.92. The zero-order valence-corrected chi connectivity index (χ0v) is 17.3. The molecule has 0 aliphatic heterocycles. The molecule has 6 heteroatoms. The number of carboxylic acid groups (broad SMARTS) is 1. The number of rotatable bonds is 14. The molecule has 0 N–H and O–H groups in total. The van der Waals surface area contributed by atoms with Crippen molar-refractivity contribution in [3.8, 4) is 0 Å². The highest BCUT2D eigenvalue weighted by atomic mass is 17.3. The van der Waals surface area contributed by atoms with Crippen molar-refractivity contribution < 1.29 is 29.5 Å². The Morgan fingerprint density at radius 1 is 0.880 bits per heavy atom. The Morgan fingerprint density at radius 3 is 1.64 bits per heavy atom. The van der Waals surface area contributed by atoms with Crippen LogP contribution in [0.2, 0.25) is 0 Å². The zero-order chi connectivity index (χ0) is 19.7. The number of carbonyl (C=O) groups is 1. The molecular formula is C19H37O6-. The Morgan fingerprint density at radius 2 is 1.32 bits per heavy atom. The maximum atomic E-state index is 11.5. The van der Waals surface area contributed by atoms with E-state index in [0.29, 0.717) is 6.42 Å². The van der Waals surface area contributed by atoms with Crippen LogP contribution in [0.1, 0.15) is 93.9 Å². The van der Waals surface area contributed by atoms with E-state index in [-0.39, 0.29) is 6.42 Å². The minimum Gasteiger partial charge on any atom is -0.550 e. The molecule has 0 heterocycles. The summed E-state index contributed by atoms with van der Waals surface area (Å²) >= 11 is 0. The van der Waals surface area contributed by atoms with E-state index in [4.69, 9.17) is 19.6 Å². The molecule has 25 heavy (non-hydrogen) atoms.